The normalized spacial score (nSPS) is 11.5. The van der Waals surface area contributed by atoms with Crippen LogP contribution in [0.25, 0.3) is 6.08 Å². The lowest BCUT2D eigenvalue weighted by Crippen LogP contribution is -2.32. The molecular weight excluding hydrogens is 338 g/mol. The van der Waals surface area contributed by atoms with Crippen molar-refractivity contribution in [3.05, 3.63) is 28.2 Å². The maximum absolute atomic E-state index is 11.4. The minimum absolute atomic E-state index is 0.0560. The second-order valence-electron chi connectivity index (χ2n) is 5.33. The Morgan fingerprint density at radius 1 is 1.43 bits per heavy atom. The molecule has 0 radical (unpaired) electrons. The van der Waals surface area contributed by atoms with Crippen molar-refractivity contribution in [3.8, 4) is 11.5 Å². The third-order valence-corrected chi connectivity index (χ3v) is 3.05. The number of ether oxygens (including phenoxy) is 2. The van der Waals surface area contributed by atoms with Crippen molar-refractivity contribution >= 4 is 28.1 Å². The summed E-state index contributed by atoms with van der Waals surface area (Å²) in [7, 11) is 1.49. The molecule has 2 N–H and O–H groups in total. The highest BCUT2D eigenvalue weighted by molar-refractivity contribution is 9.10. The highest BCUT2D eigenvalue weighted by atomic mass is 79.9. The Kier molecular flexibility index (Phi) is 6.08. The molecule has 5 nitrogen and oxygen atoms in total. The number of hydrogen-bond donors (Lipinski definition) is 2. The molecule has 0 aliphatic heterocycles. The summed E-state index contributed by atoms with van der Waals surface area (Å²) in [5.74, 6) is 0.450. The van der Waals surface area contributed by atoms with Crippen molar-refractivity contribution in [3.63, 3.8) is 0 Å². The smallest absolute Gasteiger partial charge is 0.407 e. The van der Waals surface area contributed by atoms with Crippen molar-refractivity contribution in [2.75, 3.05) is 13.7 Å². The Morgan fingerprint density at radius 3 is 2.67 bits per heavy atom. The number of methoxy groups -OCH3 is 1. The number of carbonyl (C=O) groups is 1. The topological polar surface area (TPSA) is 67.8 Å². The zero-order valence-electron chi connectivity index (χ0n) is 12.6. The number of nitrogens with one attached hydrogen (secondary N) is 1. The van der Waals surface area contributed by atoms with Gasteiger partial charge in [-0.2, -0.15) is 0 Å². The van der Waals surface area contributed by atoms with Gasteiger partial charge >= 0.3 is 6.09 Å². The van der Waals surface area contributed by atoms with Crippen LogP contribution in [0.3, 0.4) is 0 Å². The molecule has 0 spiro atoms. The summed E-state index contributed by atoms with van der Waals surface area (Å²) in [6.45, 7) is 5.74. The van der Waals surface area contributed by atoms with Gasteiger partial charge in [-0.15, -0.1) is 0 Å². The van der Waals surface area contributed by atoms with Gasteiger partial charge < -0.3 is 19.9 Å². The van der Waals surface area contributed by atoms with Crippen LogP contribution in [-0.2, 0) is 4.74 Å². The number of phenolic OH excluding ortho intramolecular Hbond substituents is 1. The van der Waals surface area contributed by atoms with E-state index in [9.17, 15) is 9.90 Å². The summed E-state index contributed by atoms with van der Waals surface area (Å²) in [6.07, 6.45) is 3.07. The number of aromatic hydroxyl groups is 1. The van der Waals surface area contributed by atoms with Crippen LogP contribution >= 0.6 is 15.9 Å². The van der Waals surface area contributed by atoms with Gasteiger partial charge in [0.15, 0.2) is 11.5 Å². The summed E-state index contributed by atoms with van der Waals surface area (Å²) in [5.41, 5.74) is 0.262. The molecule has 0 saturated heterocycles. The van der Waals surface area contributed by atoms with Gasteiger partial charge in [0, 0.05) is 11.0 Å². The maximum atomic E-state index is 11.4. The van der Waals surface area contributed by atoms with Gasteiger partial charge in [0.1, 0.15) is 5.60 Å². The van der Waals surface area contributed by atoms with Crippen molar-refractivity contribution in [2.24, 2.45) is 0 Å². The molecule has 0 unspecified atom stereocenters. The number of carbonyl (C=O) groups excluding carboxylic acids is 1. The van der Waals surface area contributed by atoms with E-state index in [-0.39, 0.29) is 5.75 Å². The predicted molar refractivity (Wildman–Crippen MR) is 85.6 cm³/mol. The van der Waals surface area contributed by atoms with Gasteiger partial charge in [0.05, 0.1) is 7.11 Å². The molecule has 1 aromatic carbocycles. The number of amides is 1. The molecule has 1 aromatic rings. The van der Waals surface area contributed by atoms with Crippen LogP contribution in [0.4, 0.5) is 4.79 Å². The highest BCUT2D eigenvalue weighted by Gasteiger charge is 2.15. The number of halogens is 1. The predicted octanol–water partition coefficient (Wildman–Crippen LogP) is 3.70. The summed E-state index contributed by atoms with van der Waals surface area (Å²) >= 11 is 3.39. The molecule has 6 heteroatoms. The zero-order chi connectivity index (χ0) is 16.0. The molecular formula is C15H20BrNO4. The van der Waals surface area contributed by atoms with Crippen LogP contribution in [-0.4, -0.2) is 30.5 Å². The summed E-state index contributed by atoms with van der Waals surface area (Å²) in [6, 6.07) is 3.25. The van der Waals surface area contributed by atoms with Crippen LogP contribution in [0.2, 0.25) is 0 Å². The monoisotopic (exact) mass is 357 g/mol. The minimum Gasteiger partial charge on any atom is -0.504 e. The van der Waals surface area contributed by atoms with E-state index >= 15 is 0 Å². The Hall–Kier alpha value is -1.69. The number of alkyl carbamates (subject to hydrolysis) is 1. The number of benzene rings is 1. The molecule has 116 valence electrons. The van der Waals surface area contributed by atoms with E-state index in [2.05, 4.69) is 21.2 Å². The van der Waals surface area contributed by atoms with E-state index in [0.29, 0.717) is 12.3 Å². The van der Waals surface area contributed by atoms with E-state index in [0.717, 1.165) is 10.0 Å². The molecule has 0 fully saturated rings. The molecule has 0 aromatic heterocycles. The number of hydrogen-bond acceptors (Lipinski definition) is 4. The molecule has 0 aliphatic carbocycles. The van der Waals surface area contributed by atoms with Gasteiger partial charge in [-0.25, -0.2) is 4.79 Å². The van der Waals surface area contributed by atoms with Crippen LogP contribution in [0, 0.1) is 0 Å². The first-order valence-corrected chi connectivity index (χ1v) is 7.22. The van der Waals surface area contributed by atoms with E-state index in [4.69, 9.17) is 9.47 Å². The van der Waals surface area contributed by atoms with Gasteiger partial charge in [0.2, 0.25) is 0 Å². The quantitative estimate of drug-likeness (QED) is 0.861. The Morgan fingerprint density at radius 2 is 2.10 bits per heavy atom. The van der Waals surface area contributed by atoms with E-state index in [1.807, 2.05) is 0 Å². The van der Waals surface area contributed by atoms with Crippen molar-refractivity contribution in [1.29, 1.82) is 0 Å². The minimum atomic E-state index is -0.515. The van der Waals surface area contributed by atoms with Crippen LogP contribution in [0.5, 0.6) is 11.5 Å². The average molecular weight is 358 g/mol. The van der Waals surface area contributed by atoms with Crippen LogP contribution in [0.1, 0.15) is 26.3 Å². The first-order valence-electron chi connectivity index (χ1n) is 6.43. The summed E-state index contributed by atoms with van der Waals surface area (Å²) in [4.78, 5) is 11.4. The molecule has 1 amide bonds. The fourth-order valence-corrected chi connectivity index (χ4v) is 1.95. The Labute approximate surface area is 133 Å². The molecule has 0 atom stereocenters. The molecule has 0 bridgehead atoms. The SMILES string of the molecule is COc1cc(Br)c(C=CCNC(=O)OC(C)(C)C)cc1O. The molecule has 0 heterocycles. The van der Waals surface area contributed by atoms with Gasteiger partial charge in [0.25, 0.3) is 0 Å². The first kappa shape index (κ1) is 17.4. The average Bonchev–Trinajstić information content (AvgIpc) is 2.35. The van der Waals surface area contributed by atoms with E-state index in [1.54, 1.807) is 45.1 Å². The molecule has 1 rings (SSSR count). The largest absolute Gasteiger partial charge is 0.504 e. The fraction of sp³-hybridized carbons (Fsp3) is 0.400. The fourth-order valence-electron chi connectivity index (χ4n) is 1.49. The lowest BCUT2D eigenvalue weighted by atomic mass is 10.2. The number of phenols is 1. The van der Waals surface area contributed by atoms with Crippen molar-refractivity contribution in [2.45, 2.75) is 26.4 Å². The third kappa shape index (κ3) is 6.08. The first-order chi connectivity index (χ1) is 9.73. The summed E-state index contributed by atoms with van der Waals surface area (Å²) < 4.78 is 10.9. The van der Waals surface area contributed by atoms with Gasteiger partial charge in [-0.3, -0.25) is 0 Å². The van der Waals surface area contributed by atoms with E-state index < -0.39 is 11.7 Å². The lowest BCUT2D eigenvalue weighted by Gasteiger charge is -2.19. The molecule has 21 heavy (non-hydrogen) atoms. The van der Waals surface area contributed by atoms with Crippen molar-refractivity contribution < 1.29 is 19.4 Å². The van der Waals surface area contributed by atoms with Gasteiger partial charge in [-0.1, -0.05) is 28.1 Å². The van der Waals surface area contributed by atoms with E-state index in [1.165, 1.54) is 7.11 Å². The van der Waals surface area contributed by atoms with Gasteiger partial charge in [-0.05, 0) is 38.5 Å². The zero-order valence-corrected chi connectivity index (χ0v) is 14.2. The second-order valence-corrected chi connectivity index (χ2v) is 6.19. The van der Waals surface area contributed by atoms with Crippen LogP contribution in [0.15, 0.2) is 22.7 Å². The molecule has 0 aliphatic rings. The van der Waals surface area contributed by atoms with Crippen molar-refractivity contribution in [1.82, 2.24) is 5.32 Å². The second kappa shape index (κ2) is 7.36. The molecule has 0 saturated carbocycles. The lowest BCUT2D eigenvalue weighted by molar-refractivity contribution is 0.0534. The standard InChI is InChI=1S/C15H20BrNO4/c1-15(2,3)21-14(19)17-7-5-6-10-8-12(18)13(20-4)9-11(10)16/h5-6,8-9,18H,7H2,1-4H3,(H,17,19). The number of rotatable bonds is 4. The highest BCUT2D eigenvalue weighted by Crippen LogP contribution is 2.32. The Balaban J connectivity index is 2.58. The third-order valence-electron chi connectivity index (χ3n) is 2.36. The van der Waals surface area contributed by atoms with Crippen LogP contribution < -0.4 is 10.1 Å². The summed E-state index contributed by atoms with van der Waals surface area (Å²) in [5, 5.41) is 12.3. The maximum Gasteiger partial charge on any atom is 0.407 e. The Bertz CT molecular complexity index is 535.